The van der Waals surface area contributed by atoms with Crippen molar-refractivity contribution in [1.82, 2.24) is 30.4 Å². The van der Waals surface area contributed by atoms with Crippen LogP contribution in [0.3, 0.4) is 0 Å². The molecule has 4 heterocycles. The maximum atomic E-state index is 4.74. The molecule has 1 aliphatic rings. The summed E-state index contributed by atoms with van der Waals surface area (Å²) >= 11 is 1.63. The Morgan fingerprint density at radius 3 is 2.75 bits per heavy atom. The van der Waals surface area contributed by atoms with Gasteiger partial charge in [-0.1, -0.05) is 24.2 Å². The minimum atomic E-state index is 0.575. The number of rotatable bonds is 4. The number of fused-ring (bicyclic) bond motifs is 1. The summed E-state index contributed by atoms with van der Waals surface area (Å²) in [5.41, 5.74) is 5.78. The lowest BCUT2D eigenvalue weighted by Gasteiger charge is -2.06. The van der Waals surface area contributed by atoms with Gasteiger partial charge in [-0.2, -0.15) is 5.10 Å². The van der Waals surface area contributed by atoms with Crippen LogP contribution in [0.2, 0.25) is 0 Å². The van der Waals surface area contributed by atoms with Gasteiger partial charge in [-0.3, -0.25) is 10.1 Å². The molecule has 0 bridgehead atoms. The molecule has 8 heteroatoms. The monoisotopic (exact) mass is 391 g/mol. The Labute approximate surface area is 166 Å². The smallest absolute Gasteiger partial charge is 0.211 e. The Morgan fingerprint density at radius 1 is 1.11 bits per heavy atom. The molecule has 0 atom stereocenters. The van der Waals surface area contributed by atoms with Crippen molar-refractivity contribution in [2.24, 2.45) is 0 Å². The highest BCUT2D eigenvalue weighted by molar-refractivity contribution is 7.15. The molecular weight excluding hydrogens is 370 g/mol. The topological polar surface area (TPSA) is 92.3 Å². The van der Waals surface area contributed by atoms with Gasteiger partial charge in [0.25, 0.3) is 0 Å². The molecule has 1 saturated carbocycles. The van der Waals surface area contributed by atoms with Gasteiger partial charge in [0.15, 0.2) is 0 Å². The van der Waals surface area contributed by atoms with Crippen LogP contribution >= 0.6 is 11.3 Å². The van der Waals surface area contributed by atoms with Crippen molar-refractivity contribution < 1.29 is 0 Å². The summed E-state index contributed by atoms with van der Waals surface area (Å²) in [6.07, 6.45) is 6.92. The molecule has 2 N–H and O–H groups in total. The van der Waals surface area contributed by atoms with E-state index in [4.69, 9.17) is 4.98 Å². The second-order valence-electron chi connectivity index (χ2n) is 7.32. The molecule has 0 saturated heterocycles. The maximum Gasteiger partial charge on any atom is 0.211 e. The zero-order chi connectivity index (χ0) is 19.1. The number of nitrogens with one attached hydrogen (secondary N) is 2. The molecule has 5 rings (SSSR count). The van der Waals surface area contributed by atoms with E-state index in [2.05, 4.69) is 36.8 Å². The number of hydrogen-bond donors (Lipinski definition) is 2. The van der Waals surface area contributed by atoms with Crippen molar-refractivity contribution in [2.45, 2.75) is 45.4 Å². The van der Waals surface area contributed by atoms with Crippen LogP contribution in [-0.2, 0) is 0 Å². The molecule has 0 aliphatic heterocycles. The zero-order valence-corrected chi connectivity index (χ0v) is 16.7. The summed E-state index contributed by atoms with van der Waals surface area (Å²) in [7, 11) is 0. The Morgan fingerprint density at radius 2 is 1.96 bits per heavy atom. The van der Waals surface area contributed by atoms with Gasteiger partial charge >= 0.3 is 0 Å². The van der Waals surface area contributed by atoms with Crippen molar-refractivity contribution in [3.8, 4) is 11.1 Å². The first-order valence-electron chi connectivity index (χ1n) is 9.56. The first kappa shape index (κ1) is 17.2. The molecule has 4 aromatic heterocycles. The maximum absolute atomic E-state index is 4.74. The van der Waals surface area contributed by atoms with Crippen LogP contribution < -0.4 is 5.32 Å². The normalized spacial score (nSPS) is 14.8. The van der Waals surface area contributed by atoms with Gasteiger partial charge in [0, 0.05) is 28.9 Å². The van der Waals surface area contributed by atoms with Gasteiger partial charge < -0.3 is 5.32 Å². The van der Waals surface area contributed by atoms with Crippen LogP contribution in [0.5, 0.6) is 0 Å². The summed E-state index contributed by atoms with van der Waals surface area (Å²) in [5.74, 6) is 1.33. The van der Waals surface area contributed by atoms with E-state index >= 15 is 0 Å². The highest BCUT2D eigenvalue weighted by Gasteiger charge is 2.21. The van der Waals surface area contributed by atoms with Gasteiger partial charge in [0.05, 0.1) is 16.7 Å². The second kappa shape index (κ2) is 6.94. The highest BCUT2D eigenvalue weighted by Crippen LogP contribution is 2.37. The molecule has 0 aromatic carbocycles. The van der Waals surface area contributed by atoms with Crippen molar-refractivity contribution in [1.29, 1.82) is 0 Å². The van der Waals surface area contributed by atoms with Gasteiger partial charge in [-0.05, 0) is 44.9 Å². The lowest BCUT2D eigenvalue weighted by atomic mass is 10.1. The lowest BCUT2D eigenvalue weighted by molar-refractivity contribution is 0.705. The molecule has 1 fully saturated rings. The average molecular weight is 392 g/mol. The average Bonchev–Trinajstić information content (AvgIpc) is 3.43. The summed E-state index contributed by atoms with van der Waals surface area (Å²) in [5, 5.41) is 21.2. The third-order valence-electron chi connectivity index (χ3n) is 5.33. The molecule has 0 unspecified atom stereocenters. The van der Waals surface area contributed by atoms with Gasteiger partial charge in [0.2, 0.25) is 5.13 Å². The molecule has 4 aromatic rings. The predicted molar refractivity (Wildman–Crippen MR) is 111 cm³/mol. The van der Waals surface area contributed by atoms with E-state index < -0.39 is 0 Å². The number of hydrogen-bond acceptors (Lipinski definition) is 7. The molecule has 1 aliphatic carbocycles. The van der Waals surface area contributed by atoms with E-state index in [1.54, 1.807) is 11.3 Å². The van der Waals surface area contributed by atoms with Crippen LogP contribution in [-0.4, -0.2) is 30.4 Å². The molecular formula is C20H21N7S. The van der Waals surface area contributed by atoms with E-state index in [1.165, 1.54) is 25.7 Å². The summed E-state index contributed by atoms with van der Waals surface area (Å²) in [4.78, 5) is 9.31. The molecule has 142 valence electrons. The van der Waals surface area contributed by atoms with Gasteiger partial charge in [-0.15, -0.1) is 10.2 Å². The predicted octanol–water partition coefficient (Wildman–Crippen LogP) is 4.89. The highest BCUT2D eigenvalue weighted by atomic mass is 32.1. The van der Waals surface area contributed by atoms with Crippen LogP contribution in [0.4, 0.5) is 10.9 Å². The fourth-order valence-corrected chi connectivity index (χ4v) is 4.84. The van der Waals surface area contributed by atoms with Crippen molar-refractivity contribution >= 4 is 33.3 Å². The van der Waals surface area contributed by atoms with E-state index in [-0.39, 0.29) is 0 Å². The van der Waals surface area contributed by atoms with Crippen LogP contribution in [0.25, 0.3) is 22.2 Å². The van der Waals surface area contributed by atoms with E-state index in [1.807, 2.05) is 32.2 Å². The number of nitrogens with zero attached hydrogens (tertiary/aromatic N) is 5. The van der Waals surface area contributed by atoms with Crippen LogP contribution in [0.15, 0.2) is 24.4 Å². The van der Waals surface area contributed by atoms with Gasteiger partial charge in [-0.25, -0.2) is 4.98 Å². The first-order chi connectivity index (χ1) is 13.7. The number of anilines is 2. The molecule has 28 heavy (non-hydrogen) atoms. The minimum absolute atomic E-state index is 0.575. The zero-order valence-electron chi connectivity index (χ0n) is 15.9. The fourth-order valence-electron chi connectivity index (χ4n) is 3.92. The standard InChI is InChI=1S/C20H21N7S/c1-11-18(12(2)25-24-11)14-9-16-15(21-10-14)7-8-17(22-16)23-20-27-26-19(28-20)13-5-3-4-6-13/h7-10,13H,3-6H2,1-2H3,(H,24,25)(H,22,23,27). The third-order valence-corrected chi connectivity index (χ3v) is 6.34. The number of aromatic amines is 1. The van der Waals surface area contributed by atoms with E-state index in [0.29, 0.717) is 5.92 Å². The SMILES string of the molecule is Cc1n[nH]c(C)c1-c1cnc2ccc(Nc3nnc(C4CCCC4)s3)nc2c1. The summed E-state index contributed by atoms with van der Waals surface area (Å²) < 4.78 is 0. The molecule has 0 spiro atoms. The Kier molecular flexibility index (Phi) is 4.27. The lowest BCUT2D eigenvalue weighted by Crippen LogP contribution is -1.94. The van der Waals surface area contributed by atoms with Crippen LogP contribution in [0.1, 0.15) is 48.0 Å². The number of aryl methyl sites for hydroxylation is 2. The van der Waals surface area contributed by atoms with E-state index in [0.717, 1.165) is 49.5 Å². The summed E-state index contributed by atoms with van der Waals surface area (Å²) in [6.45, 7) is 4.01. The summed E-state index contributed by atoms with van der Waals surface area (Å²) in [6, 6.07) is 5.96. The minimum Gasteiger partial charge on any atom is -0.315 e. The largest absolute Gasteiger partial charge is 0.315 e. The third kappa shape index (κ3) is 3.13. The molecule has 0 radical (unpaired) electrons. The number of aromatic nitrogens is 6. The fraction of sp³-hybridized carbons (Fsp3) is 0.350. The Hall–Kier alpha value is -2.87. The van der Waals surface area contributed by atoms with Crippen molar-refractivity contribution in [3.63, 3.8) is 0 Å². The van der Waals surface area contributed by atoms with Crippen molar-refractivity contribution in [2.75, 3.05) is 5.32 Å². The Bertz CT molecular complexity index is 1120. The second-order valence-corrected chi connectivity index (χ2v) is 8.33. The van der Waals surface area contributed by atoms with Gasteiger partial charge in [0.1, 0.15) is 10.8 Å². The van der Waals surface area contributed by atoms with E-state index in [9.17, 15) is 0 Å². The van der Waals surface area contributed by atoms with Crippen LogP contribution in [0, 0.1) is 13.8 Å². The quantitative estimate of drug-likeness (QED) is 0.514. The number of H-pyrrole nitrogens is 1. The number of pyridine rings is 2. The Balaban J connectivity index is 1.44. The van der Waals surface area contributed by atoms with Crippen molar-refractivity contribution in [3.05, 3.63) is 40.8 Å². The molecule has 0 amide bonds. The molecule has 7 nitrogen and oxygen atoms in total. The first-order valence-corrected chi connectivity index (χ1v) is 10.4.